The summed E-state index contributed by atoms with van der Waals surface area (Å²) in [6.07, 6.45) is 1.88. The SMILES string of the molecule is CC(C)=C=C(C(O)/C=C/c1ccccc1)S(=O)(=O)c1ccc(C)cc1. The van der Waals surface area contributed by atoms with E-state index in [0.29, 0.717) is 5.57 Å². The van der Waals surface area contributed by atoms with Crippen LogP contribution in [-0.2, 0) is 9.84 Å². The second kappa shape index (κ2) is 8.13. The average molecular weight is 354 g/mol. The van der Waals surface area contributed by atoms with Gasteiger partial charge in [-0.2, -0.15) is 0 Å². The van der Waals surface area contributed by atoms with Gasteiger partial charge in [-0.3, -0.25) is 0 Å². The fourth-order valence-corrected chi connectivity index (χ4v) is 3.73. The molecule has 1 unspecified atom stereocenters. The van der Waals surface area contributed by atoms with Crippen molar-refractivity contribution in [1.82, 2.24) is 0 Å². The predicted molar refractivity (Wildman–Crippen MR) is 102 cm³/mol. The van der Waals surface area contributed by atoms with Gasteiger partial charge in [0, 0.05) is 0 Å². The lowest BCUT2D eigenvalue weighted by atomic mass is 10.2. The van der Waals surface area contributed by atoms with Crippen LogP contribution >= 0.6 is 0 Å². The Bertz CT molecular complexity index is 911. The molecule has 2 aromatic rings. The van der Waals surface area contributed by atoms with Gasteiger partial charge in [-0.05, 0) is 50.1 Å². The van der Waals surface area contributed by atoms with E-state index in [9.17, 15) is 13.5 Å². The van der Waals surface area contributed by atoms with Crippen LogP contribution in [0.4, 0.5) is 0 Å². The molecule has 0 aromatic heterocycles. The van der Waals surface area contributed by atoms with E-state index in [2.05, 4.69) is 5.73 Å². The summed E-state index contributed by atoms with van der Waals surface area (Å²) in [7, 11) is -3.83. The number of aliphatic hydroxyl groups is 1. The van der Waals surface area contributed by atoms with Gasteiger partial charge in [0.25, 0.3) is 0 Å². The van der Waals surface area contributed by atoms with Crippen molar-refractivity contribution in [2.24, 2.45) is 0 Å². The van der Waals surface area contributed by atoms with E-state index in [1.54, 1.807) is 44.2 Å². The van der Waals surface area contributed by atoms with Crippen molar-refractivity contribution in [3.05, 3.63) is 88.0 Å². The molecule has 1 atom stereocenters. The van der Waals surface area contributed by atoms with Crippen molar-refractivity contribution in [2.45, 2.75) is 31.8 Å². The fraction of sp³-hybridized carbons (Fsp3) is 0.190. The van der Waals surface area contributed by atoms with E-state index in [4.69, 9.17) is 0 Å². The second-order valence-corrected chi connectivity index (χ2v) is 7.94. The number of rotatable bonds is 5. The maximum absolute atomic E-state index is 12.9. The van der Waals surface area contributed by atoms with E-state index in [0.717, 1.165) is 11.1 Å². The highest BCUT2D eigenvalue weighted by molar-refractivity contribution is 7.95. The van der Waals surface area contributed by atoms with Crippen LogP contribution in [0.25, 0.3) is 6.08 Å². The highest BCUT2D eigenvalue weighted by Gasteiger charge is 2.25. The van der Waals surface area contributed by atoms with Gasteiger partial charge in [-0.1, -0.05) is 54.1 Å². The van der Waals surface area contributed by atoms with Crippen molar-refractivity contribution in [3.63, 3.8) is 0 Å². The zero-order valence-corrected chi connectivity index (χ0v) is 15.4. The molecule has 0 radical (unpaired) electrons. The minimum absolute atomic E-state index is 0.147. The lowest BCUT2D eigenvalue weighted by molar-refractivity contribution is 0.267. The predicted octanol–water partition coefficient (Wildman–Crippen LogP) is 4.29. The van der Waals surface area contributed by atoms with Crippen molar-refractivity contribution in [1.29, 1.82) is 0 Å². The molecule has 0 fully saturated rings. The number of aryl methyl sites for hydroxylation is 1. The molecule has 1 N–H and O–H groups in total. The number of aliphatic hydroxyl groups excluding tert-OH is 1. The molecule has 0 aliphatic heterocycles. The first-order chi connectivity index (χ1) is 11.8. The van der Waals surface area contributed by atoms with E-state index < -0.39 is 15.9 Å². The van der Waals surface area contributed by atoms with Crippen LogP contribution < -0.4 is 0 Å². The van der Waals surface area contributed by atoms with Crippen LogP contribution in [0.5, 0.6) is 0 Å². The summed E-state index contributed by atoms with van der Waals surface area (Å²) in [4.78, 5) is -0.00227. The quantitative estimate of drug-likeness (QED) is 0.815. The summed E-state index contributed by atoms with van der Waals surface area (Å²) < 4.78 is 25.9. The monoisotopic (exact) mass is 354 g/mol. The van der Waals surface area contributed by atoms with Gasteiger partial charge >= 0.3 is 0 Å². The summed E-state index contributed by atoms with van der Waals surface area (Å²) in [5, 5.41) is 10.5. The first-order valence-electron chi connectivity index (χ1n) is 7.98. The van der Waals surface area contributed by atoms with Crippen LogP contribution in [0, 0.1) is 6.92 Å². The lowest BCUT2D eigenvalue weighted by Crippen LogP contribution is -2.16. The van der Waals surface area contributed by atoms with E-state index in [1.807, 2.05) is 37.3 Å². The third kappa shape index (κ3) is 5.04. The summed E-state index contributed by atoms with van der Waals surface area (Å²) in [6, 6.07) is 16.0. The molecule has 2 rings (SSSR count). The smallest absolute Gasteiger partial charge is 0.212 e. The molecule has 0 heterocycles. The van der Waals surface area contributed by atoms with Gasteiger partial charge < -0.3 is 5.11 Å². The largest absolute Gasteiger partial charge is 0.383 e. The summed E-state index contributed by atoms with van der Waals surface area (Å²) in [6.45, 7) is 5.39. The van der Waals surface area contributed by atoms with Gasteiger partial charge in [0.1, 0.15) is 11.0 Å². The number of benzene rings is 2. The molecule has 0 spiro atoms. The molecule has 25 heavy (non-hydrogen) atoms. The van der Waals surface area contributed by atoms with Crippen LogP contribution in [-0.4, -0.2) is 19.6 Å². The Morgan fingerprint density at radius 3 is 2.20 bits per heavy atom. The summed E-state index contributed by atoms with van der Waals surface area (Å²) in [5.74, 6) is 0. The van der Waals surface area contributed by atoms with Crippen molar-refractivity contribution in [3.8, 4) is 0 Å². The lowest BCUT2D eigenvalue weighted by Gasteiger charge is -2.11. The van der Waals surface area contributed by atoms with Crippen LogP contribution in [0.15, 0.2) is 81.8 Å². The topological polar surface area (TPSA) is 54.4 Å². The van der Waals surface area contributed by atoms with E-state index >= 15 is 0 Å². The fourth-order valence-electron chi connectivity index (χ4n) is 2.24. The standard InChI is InChI=1S/C21H22O3S/c1-16(2)15-21(20(22)14-11-18-7-5-4-6-8-18)25(23,24)19-12-9-17(3)10-13-19/h4-14,20,22H,1-3H3/b14-11+. The van der Waals surface area contributed by atoms with Gasteiger partial charge in [-0.25, -0.2) is 8.42 Å². The molecule has 0 amide bonds. The molecule has 3 nitrogen and oxygen atoms in total. The van der Waals surface area contributed by atoms with Gasteiger partial charge in [0.05, 0.1) is 4.90 Å². The molecular formula is C21H22O3S. The average Bonchev–Trinajstić information content (AvgIpc) is 2.58. The Morgan fingerprint density at radius 2 is 1.64 bits per heavy atom. The Labute approximate surface area is 149 Å². The molecule has 0 aliphatic carbocycles. The van der Waals surface area contributed by atoms with Crippen molar-refractivity contribution >= 4 is 15.9 Å². The minimum Gasteiger partial charge on any atom is -0.383 e. The third-order valence-corrected chi connectivity index (χ3v) is 5.35. The van der Waals surface area contributed by atoms with E-state index in [1.165, 1.54) is 6.08 Å². The van der Waals surface area contributed by atoms with Gasteiger partial charge in [0.15, 0.2) is 0 Å². The number of hydrogen-bond donors (Lipinski definition) is 1. The number of hydrogen-bond acceptors (Lipinski definition) is 3. The maximum Gasteiger partial charge on any atom is 0.212 e. The molecular weight excluding hydrogens is 332 g/mol. The van der Waals surface area contributed by atoms with Gasteiger partial charge in [0.2, 0.25) is 9.84 Å². The van der Waals surface area contributed by atoms with Crippen LogP contribution in [0.1, 0.15) is 25.0 Å². The van der Waals surface area contributed by atoms with Crippen LogP contribution in [0.2, 0.25) is 0 Å². The highest BCUT2D eigenvalue weighted by Crippen LogP contribution is 2.23. The zero-order valence-electron chi connectivity index (χ0n) is 14.6. The number of sulfone groups is 1. The Kier molecular flexibility index (Phi) is 6.16. The third-order valence-electron chi connectivity index (χ3n) is 3.53. The van der Waals surface area contributed by atoms with Crippen molar-refractivity contribution in [2.75, 3.05) is 0 Å². The van der Waals surface area contributed by atoms with E-state index in [-0.39, 0.29) is 9.80 Å². The molecule has 0 bridgehead atoms. The highest BCUT2D eigenvalue weighted by atomic mass is 32.2. The molecule has 0 aliphatic rings. The Balaban J connectivity index is 2.45. The zero-order chi connectivity index (χ0) is 18.4. The molecule has 2 aromatic carbocycles. The second-order valence-electron chi connectivity index (χ2n) is 6.02. The molecule has 130 valence electrons. The first-order valence-corrected chi connectivity index (χ1v) is 9.46. The Morgan fingerprint density at radius 1 is 1.04 bits per heavy atom. The normalized spacial score (nSPS) is 12.6. The molecule has 4 heteroatoms. The van der Waals surface area contributed by atoms with Gasteiger partial charge in [-0.15, -0.1) is 5.73 Å². The Hall–Kier alpha value is -2.39. The first kappa shape index (κ1) is 18.9. The molecule has 0 saturated carbocycles. The van der Waals surface area contributed by atoms with Crippen LogP contribution in [0.3, 0.4) is 0 Å². The van der Waals surface area contributed by atoms with Crippen molar-refractivity contribution < 1.29 is 13.5 Å². The maximum atomic E-state index is 12.9. The summed E-state index contributed by atoms with van der Waals surface area (Å²) >= 11 is 0. The minimum atomic E-state index is -3.83. The summed E-state index contributed by atoms with van der Waals surface area (Å²) in [5.41, 5.74) is 5.34. The molecule has 0 saturated heterocycles.